The number of carbonyl (C=O) groups is 2. The maximum Gasteiger partial charge on any atom is 0.326 e. The van der Waals surface area contributed by atoms with Gasteiger partial charge in [0.1, 0.15) is 6.04 Å². The maximum atomic E-state index is 11.9. The van der Waals surface area contributed by atoms with Crippen LogP contribution in [0.3, 0.4) is 0 Å². The Morgan fingerprint density at radius 1 is 1.30 bits per heavy atom. The number of urea groups is 1. The van der Waals surface area contributed by atoms with Gasteiger partial charge in [-0.15, -0.1) is 0 Å². The van der Waals surface area contributed by atoms with Gasteiger partial charge in [-0.1, -0.05) is 19.8 Å². The number of nitrogens with one attached hydrogen (secondary N) is 2. The van der Waals surface area contributed by atoms with E-state index in [1.165, 1.54) is 6.42 Å². The maximum absolute atomic E-state index is 11.9. The van der Waals surface area contributed by atoms with E-state index in [-0.39, 0.29) is 12.1 Å². The first-order valence-corrected chi connectivity index (χ1v) is 8.71. The quantitative estimate of drug-likeness (QED) is 0.659. The molecule has 20 heavy (non-hydrogen) atoms. The predicted molar refractivity (Wildman–Crippen MR) is 82.1 cm³/mol. The van der Waals surface area contributed by atoms with E-state index in [1.807, 2.05) is 6.26 Å². The Hall–Kier alpha value is -0.910. The van der Waals surface area contributed by atoms with Gasteiger partial charge in [0.2, 0.25) is 0 Å². The van der Waals surface area contributed by atoms with Gasteiger partial charge in [-0.05, 0) is 43.6 Å². The van der Waals surface area contributed by atoms with Crippen LogP contribution in [0.1, 0.15) is 45.4 Å². The molecule has 0 aromatic carbocycles. The van der Waals surface area contributed by atoms with Gasteiger partial charge < -0.3 is 15.7 Å². The van der Waals surface area contributed by atoms with Crippen LogP contribution in [-0.4, -0.2) is 41.2 Å². The van der Waals surface area contributed by atoms with Crippen molar-refractivity contribution in [2.24, 2.45) is 5.92 Å². The molecule has 5 nitrogen and oxygen atoms in total. The highest BCUT2D eigenvalue weighted by Crippen LogP contribution is 2.22. The van der Waals surface area contributed by atoms with Crippen LogP contribution in [-0.2, 0) is 4.79 Å². The van der Waals surface area contributed by atoms with Crippen LogP contribution in [0.15, 0.2) is 0 Å². The predicted octanol–water partition coefficient (Wildman–Crippen LogP) is 2.46. The average molecular weight is 302 g/mol. The highest BCUT2D eigenvalue weighted by atomic mass is 32.2. The molecule has 0 bridgehead atoms. The summed E-state index contributed by atoms with van der Waals surface area (Å²) in [5, 5.41) is 14.6. The summed E-state index contributed by atoms with van der Waals surface area (Å²) in [7, 11) is 0. The van der Waals surface area contributed by atoms with Crippen molar-refractivity contribution < 1.29 is 14.7 Å². The number of hydrogen-bond donors (Lipinski definition) is 3. The molecule has 1 fully saturated rings. The minimum atomic E-state index is -0.969. The number of amides is 2. The average Bonchev–Trinajstić information content (AvgIpc) is 2.59. The lowest BCUT2D eigenvalue weighted by atomic mass is 10.0. The lowest BCUT2D eigenvalue weighted by molar-refractivity contribution is -0.139. The molecule has 3 N–H and O–H groups in total. The first kappa shape index (κ1) is 17.1. The van der Waals surface area contributed by atoms with Gasteiger partial charge in [0.05, 0.1) is 0 Å². The van der Waals surface area contributed by atoms with E-state index in [4.69, 9.17) is 5.11 Å². The zero-order valence-electron chi connectivity index (χ0n) is 12.4. The van der Waals surface area contributed by atoms with Gasteiger partial charge in [-0.3, -0.25) is 0 Å². The van der Waals surface area contributed by atoms with Crippen molar-refractivity contribution >= 4 is 23.8 Å². The normalized spacial score (nSPS) is 24.5. The number of hydrogen-bond acceptors (Lipinski definition) is 3. The Bertz CT molecular complexity index is 326. The monoisotopic (exact) mass is 302 g/mol. The van der Waals surface area contributed by atoms with E-state index in [9.17, 15) is 9.59 Å². The molecule has 0 aromatic rings. The summed E-state index contributed by atoms with van der Waals surface area (Å²) in [4.78, 5) is 23.0. The minimum Gasteiger partial charge on any atom is -0.480 e. The van der Waals surface area contributed by atoms with Crippen LogP contribution in [0.4, 0.5) is 4.79 Å². The Morgan fingerprint density at radius 3 is 2.70 bits per heavy atom. The molecule has 3 atom stereocenters. The molecule has 2 amide bonds. The van der Waals surface area contributed by atoms with Gasteiger partial charge in [-0.2, -0.15) is 11.8 Å². The summed E-state index contributed by atoms with van der Waals surface area (Å²) in [6.07, 6.45) is 7.81. The van der Waals surface area contributed by atoms with Crippen molar-refractivity contribution in [1.82, 2.24) is 10.6 Å². The van der Waals surface area contributed by atoms with Crippen molar-refractivity contribution in [2.75, 3.05) is 12.0 Å². The number of thioether (sulfide) groups is 1. The molecule has 0 radical (unpaired) electrons. The Morgan fingerprint density at radius 2 is 2.05 bits per heavy atom. The van der Waals surface area contributed by atoms with E-state index >= 15 is 0 Å². The molecule has 1 rings (SSSR count). The third kappa shape index (κ3) is 6.50. The van der Waals surface area contributed by atoms with Crippen LogP contribution in [0.25, 0.3) is 0 Å². The molecule has 0 aliphatic heterocycles. The summed E-state index contributed by atoms with van der Waals surface area (Å²) in [5.74, 6) is 0.472. The van der Waals surface area contributed by atoms with E-state index < -0.39 is 12.0 Å². The molecular formula is C14H26N2O3S. The standard InChI is InChI=1S/C14H26N2O3S/c1-10-4-3-5-11(7-6-10)15-14(19)16-12(13(17)18)8-9-20-2/h10-12H,3-9H2,1-2H3,(H,17,18)(H2,15,16,19). The molecule has 6 heteroatoms. The van der Waals surface area contributed by atoms with Gasteiger partial charge in [0.25, 0.3) is 0 Å². The summed E-state index contributed by atoms with van der Waals surface area (Å²) in [6, 6.07) is -0.972. The molecule has 1 aliphatic carbocycles. The number of carboxylic acids is 1. The highest BCUT2D eigenvalue weighted by molar-refractivity contribution is 7.98. The zero-order valence-corrected chi connectivity index (χ0v) is 13.2. The third-order valence-corrected chi connectivity index (χ3v) is 4.45. The fourth-order valence-electron chi connectivity index (χ4n) is 2.51. The number of carbonyl (C=O) groups excluding carboxylic acids is 1. The molecule has 3 unspecified atom stereocenters. The second-order valence-electron chi connectivity index (χ2n) is 5.60. The molecular weight excluding hydrogens is 276 g/mol. The topological polar surface area (TPSA) is 78.4 Å². The fraction of sp³-hybridized carbons (Fsp3) is 0.857. The number of aliphatic carboxylic acids is 1. The smallest absolute Gasteiger partial charge is 0.326 e. The van der Waals surface area contributed by atoms with Crippen LogP contribution in [0.5, 0.6) is 0 Å². The minimum absolute atomic E-state index is 0.176. The zero-order chi connectivity index (χ0) is 15.0. The SMILES string of the molecule is CSCCC(NC(=O)NC1CCCC(C)CC1)C(=O)O. The van der Waals surface area contributed by atoms with Gasteiger partial charge >= 0.3 is 12.0 Å². The summed E-state index contributed by atoms with van der Waals surface area (Å²) >= 11 is 1.58. The van der Waals surface area contributed by atoms with Crippen LogP contribution < -0.4 is 10.6 Å². The van der Waals surface area contributed by atoms with Gasteiger partial charge in [-0.25, -0.2) is 9.59 Å². The molecule has 1 saturated carbocycles. The van der Waals surface area contributed by atoms with E-state index in [2.05, 4.69) is 17.6 Å². The van der Waals surface area contributed by atoms with Crippen LogP contribution in [0.2, 0.25) is 0 Å². The largest absolute Gasteiger partial charge is 0.480 e. The first-order chi connectivity index (χ1) is 9.52. The van der Waals surface area contributed by atoms with Crippen LogP contribution >= 0.6 is 11.8 Å². The van der Waals surface area contributed by atoms with E-state index in [0.29, 0.717) is 6.42 Å². The molecule has 116 valence electrons. The number of rotatable bonds is 6. The lowest BCUT2D eigenvalue weighted by Gasteiger charge is -2.19. The summed E-state index contributed by atoms with van der Waals surface area (Å²) in [5.41, 5.74) is 0. The molecule has 0 spiro atoms. The lowest BCUT2D eigenvalue weighted by Crippen LogP contribution is -2.49. The second kappa shape index (κ2) is 9.10. The van der Waals surface area contributed by atoms with Crippen molar-refractivity contribution in [3.63, 3.8) is 0 Å². The first-order valence-electron chi connectivity index (χ1n) is 7.31. The van der Waals surface area contributed by atoms with Crippen molar-refractivity contribution in [2.45, 2.75) is 57.5 Å². The fourth-order valence-corrected chi connectivity index (χ4v) is 2.98. The molecule has 1 aliphatic rings. The van der Waals surface area contributed by atoms with Crippen molar-refractivity contribution in [3.05, 3.63) is 0 Å². The van der Waals surface area contributed by atoms with Crippen molar-refractivity contribution in [1.29, 1.82) is 0 Å². The molecule has 0 aromatic heterocycles. The highest BCUT2D eigenvalue weighted by Gasteiger charge is 2.22. The Kier molecular flexibility index (Phi) is 7.80. The number of carboxylic acid groups (broad SMARTS) is 1. The second-order valence-corrected chi connectivity index (χ2v) is 6.59. The molecule has 0 heterocycles. The molecule has 0 saturated heterocycles. The Balaban J connectivity index is 2.38. The van der Waals surface area contributed by atoms with Crippen LogP contribution in [0, 0.1) is 5.92 Å². The van der Waals surface area contributed by atoms with Crippen molar-refractivity contribution in [3.8, 4) is 0 Å². The van der Waals surface area contributed by atoms with Gasteiger partial charge in [0, 0.05) is 6.04 Å². The van der Waals surface area contributed by atoms with Gasteiger partial charge in [0.15, 0.2) is 0 Å². The van der Waals surface area contributed by atoms with E-state index in [1.54, 1.807) is 11.8 Å². The summed E-state index contributed by atoms with van der Waals surface area (Å²) in [6.45, 7) is 2.24. The van der Waals surface area contributed by atoms with E-state index in [0.717, 1.165) is 37.4 Å². The summed E-state index contributed by atoms with van der Waals surface area (Å²) < 4.78 is 0. The Labute approximate surface area is 125 Å². The third-order valence-electron chi connectivity index (χ3n) is 3.81.